The van der Waals surface area contributed by atoms with E-state index in [1.165, 1.54) is 0 Å². The Morgan fingerprint density at radius 3 is 1.91 bits per heavy atom. The number of rotatable bonds is 12. The Bertz CT molecular complexity index is 373. The van der Waals surface area contributed by atoms with Crippen LogP contribution in [0.3, 0.4) is 0 Å². The smallest absolute Gasteiger partial charge is 0.344 e. The van der Waals surface area contributed by atoms with Gasteiger partial charge in [0.05, 0.1) is 26.4 Å². The minimum Gasteiger partial charge on any atom is -0.466 e. The summed E-state index contributed by atoms with van der Waals surface area (Å²) in [5, 5.41) is 0. The van der Waals surface area contributed by atoms with Crippen molar-refractivity contribution in [2.45, 2.75) is 52.6 Å². The summed E-state index contributed by atoms with van der Waals surface area (Å²) in [6, 6.07) is 0. The quantitative estimate of drug-likeness (QED) is 0.399. The SMILES string of the molecule is CCOC(=O)CCC[C@@H](C(=O)OCC)P(=O)(OCC)OCC. The van der Waals surface area contributed by atoms with Gasteiger partial charge in [0.2, 0.25) is 0 Å². The van der Waals surface area contributed by atoms with Crippen molar-refractivity contribution in [2.75, 3.05) is 26.4 Å². The Balaban J connectivity index is 4.90. The molecule has 0 aromatic heterocycles. The molecule has 0 aromatic rings. The van der Waals surface area contributed by atoms with Crippen molar-refractivity contribution < 1.29 is 32.7 Å². The molecule has 0 aliphatic carbocycles. The third-order valence-corrected chi connectivity index (χ3v) is 5.19. The molecule has 0 amide bonds. The van der Waals surface area contributed by atoms with E-state index in [9.17, 15) is 14.2 Å². The molecule has 22 heavy (non-hydrogen) atoms. The van der Waals surface area contributed by atoms with E-state index in [0.29, 0.717) is 13.0 Å². The van der Waals surface area contributed by atoms with Crippen molar-refractivity contribution in [2.24, 2.45) is 0 Å². The lowest BCUT2D eigenvalue weighted by Crippen LogP contribution is -2.26. The summed E-state index contributed by atoms with van der Waals surface area (Å²) in [7, 11) is -3.62. The van der Waals surface area contributed by atoms with E-state index in [-0.39, 0.29) is 38.6 Å². The predicted molar refractivity (Wildman–Crippen MR) is 81.8 cm³/mol. The van der Waals surface area contributed by atoms with Crippen molar-refractivity contribution in [3.63, 3.8) is 0 Å². The zero-order valence-electron chi connectivity index (χ0n) is 13.8. The summed E-state index contributed by atoms with van der Waals surface area (Å²) in [5.74, 6) is -0.982. The number of hydrogen-bond donors (Lipinski definition) is 0. The second-order valence-corrected chi connectivity index (χ2v) is 6.56. The van der Waals surface area contributed by atoms with E-state index < -0.39 is 19.2 Å². The maximum Gasteiger partial charge on any atom is 0.344 e. The van der Waals surface area contributed by atoms with E-state index >= 15 is 0 Å². The number of hydrogen-bond acceptors (Lipinski definition) is 7. The highest BCUT2D eigenvalue weighted by molar-refractivity contribution is 7.55. The van der Waals surface area contributed by atoms with Gasteiger partial charge >= 0.3 is 19.5 Å². The summed E-state index contributed by atoms with van der Waals surface area (Å²) in [6.45, 7) is 7.52. The Morgan fingerprint density at radius 2 is 1.45 bits per heavy atom. The van der Waals surface area contributed by atoms with Crippen molar-refractivity contribution in [1.82, 2.24) is 0 Å². The number of carbonyl (C=O) groups is 2. The highest BCUT2D eigenvalue weighted by atomic mass is 31.2. The van der Waals surface area contributed by atoms with E-state index in [1.54, 1.807) is 27.7 Å². The van der Waals surface area contributed by atoms with Gasteiger partial charge in [0.15, 0.2) is 5.66 Å². The topological polar surface area (TPSA) is 88.1 Å². The van der Waals surface area contributed by atoms with Gasteiger partial charge in [0.25, 0.3) is 0 Å². The van der Waals surface area contributed by atoms with Crippen LogP contribution in [0.5, 0.6) is 0 Å². The van der Waals surface area contributed by atoms with Crippen molar-refractivity contribution in [3.05, 3.63) is 0 Å². The zero-order valence-corrected chi connectivity index (χ0v) is 14.7. The van der Waals surface area contributed by atoms with Gasteiger partial charge in [-0.05, 0) is 40.5 Å². The second kappa shape index (κ2) is 11.6. The Hall–Kier alpha value is -0.910. The Kier molecular flexibility index (Phi) is 11.1. The fourth-order valence-electron chi connectivity index (χ4n) is 1.89. The monoisotopic (exact) mass is 338 g/mol. The Labute approximate surface area is 132 Å². The summed E-state index contributed by atoms with van der Waals surface area (Å²) >= 11 is 0. The number of ether oxygens (including phenoxy) is 2. The molecule has 8 heteroatoms. The third kappa shape index (κ3) is 7.38. The van der Waals surface area contributed by atoms with Gasteiger partial charge in [0, 0.05) is 6.42 Å². The Morgan fingerprint density at radius 1 is 0.909 bits per heavy atom. The second-order valence-electron chi connectivity index (χ2n) is 4.34. The van der Waals surface area contributed by atoms with Crippen LogP contribution < -0.4 is 0 Å². The molecule has 0 aliphatic heterocycles. The van der Waals surface area contributed by atoms with Crippen LogP contribution in [0, 0.1) is 0 Å². The zero-order chi connectivity index (χ0) is 17.0. The van der Waals surface area contributed by atoms with E-state index in [4.69, 9.17) is 18.5 Å². The summed E-state index contributed by atoms with van der Waals surface area (Å²) in [5.41, 5.74) is -1.03. The molecule has 0 radical (unpaired) electrons. The molecule has 130 valence electrons. The minimum atomic E-state index is -3.62. The van der Waals surface area contributed by atoms with E-state index in [1.807, 2.05) is 0 Å². The van der Waals surface area contributed by atoms with Crippen LogP contribution in [-0.2, 0) is 32.7 Å². The standard InChI is InChI=1S/C14H27O7P/c1-5-18-13(15)11-9-10-12(14(16)19-6-2)22(17,20-7-3)21-8-4/h12H,5-11H2,1-4H3/t12-/m0/s1. The van der Waals surface area contributed by atoms with Crippen LogP contribution in [0.15, 0.2) is 0 Å². The van der Waals surface area contributed by atoms with Gasteiger partial charge < -0.3 is 18.5 Å². The van der Waals surface area contributed by atoms with Crippen molar-refractivity contribution in [3.8, 4) is 0 Å². The lowest BCUT2D eigenvalue weighted by Gasteiger charge is -2.24. The first-order chi connectivity index (χ1) is 10.4. The molecular weight excluding hydrogens is 311 g/mol. The van der Waals surface area contributed by atoms with Crippen molar-refractivity contribution >= 4 is 19.5 Å². The first-order valence-corrected chi connectivity index (χ1v) is 9.27. The lowest BCUT2D eigenvalue weighted by molar-refractivity contribution is -0.145. The fourth-order valence-corrected chi connectivity index (χ4v) is 3.88. The maximum absolute atomic E-state index is 12.8. The predicted octanol–water partition coefficient (Wildman–Crippen LogP) is 2.92. The van der Waals surface area contributed by atoms with Crippen LogP contribution in [0.1, 0.15) is 47.0 Å². The van der Waals surface area contributed by atoms with Gasteiger partial charge in [-0.25, -0.2) is 0 Å². The minimum absolute atomic E-state index is 0.141. The van der Waals surface area contributed by atoms with Crippen LogP contribution in [0.2, 0.25) is 0 Å². The first-order valence-electron chi connectivity index (χ1n) is 7.66. The molecule has 0 unspecified atom stereocenters. The first kappa shape index (κ1) is 21.1. The molecule has 1 atom stereocenters. The van der Waals surface area contributed by atoms with Gasteiger partial charge in [-0.2, -0.15) is 0 Å². The molecule has 0 fully saturated rings. The molecule has 0 saturated carbocycles. The molecule has 0 heterocycles. The fraction of sp³-hybridized carbons (Fsp3) is 0.857. The average molecular weight is 338 g/mol. The third-order valence-electron chi connectivity index (χ3n) is 2.72. The van der Waals surface area contributed by atoms with Crippen LogP contribution in [0.4, 0.5) is 0 Å². The molecule has 0 spiro atoms. The largest absolute Gasteiger partial charge is 0.466 e. The number of esters is 2. The van der Waals surface area contributed by atoms with Crippen LogP contribution in [-0.4, -0.2) is 44.0 Å². The molecule has 0 N–H and O–H groups in total. The van der Waals surface area contributed by atoms with Gasteiger partial charge in [0.1, 0.15) is 0 Å². The van der Waals surface area contributed by atoms with Gasteiger partial charge in [-0.1, -0.05) is 0 Å². The summed E-state index contributed by atoms with van der Waals surface area (Å²) in [6.07, 6.45) is 0.656. The normalized spacial score (nSPS) is 12.7. The summed E-state index contributed by atoms with van der Waals surface area (Å²) < 4.78 is 33.0. The lowest BCUT2D eigenvalue weighted by atomic mass is 10.2. The maximum atomic E-state index is 12.8. The van der Waals surface area contributed by atoms with Gasteiger partial charge in [-0.3, -0.25) is 14.2 Å². The van der Waals surface area contributed by atoms with Crippen LogP contribution in [0.25, 0.3) is 0 Å². The molecule has 0 bridgehead atoms. The summed E-state index contributed by atoms with van der Waals surface area (Å²) in [4.78, 5) is 23.4. The van der Waals surface area contributed by atoms with Gasteiger partial charge in [-0.15, -0.1) is 0 Å². The highest BCUT2D eigenvalue weighted by Crippen LogP contribution is 2.55. The van der Waals surface area contributed by atoms with Crippen LogP contribution >= 0.6 is 7.60 Å². The molecule has 0 aromatic carbocycles. The van der Waals surface area contributed by atoms with E-state index in [0.717, 1.165) is 0 Å². The molecular formula is C14H27O7P. The molecule has 0 saturated heterocycles. The molecule has 0 aliphatic rings. The van der Waals surface area contributed by atoms with E-state index in [2.05, 4.69) is 0 Å². The number of carbonyl (C=O) groups excluding carboxylic acids is 2. The van der Waals surface area contributed by atoms with Crippen molar-refractivity contribution in [1.29, 1.82) is 0 Å². The average Bonchev–Trinajstić information content (AvgIpc) is 2.44. The highest BCUT2D eigenvalue weighted by Gasteiger charge is 2.41. The molecule has 0 rings (SSSR count). The molecule has 7 nitrogen and oxygen atoms in total.